The van der Waals surface area contributed by atoms with E-state index in [1.807, 2.05) is 7.05 Å². The molecule has 26 heavy (non-hydrogen) atoms. The molecule has 1 aromatic rings. The number of nitrogens with one attached hydrogen (secondary N) is 1. The molecule has 14 heteroatoms. The summed E-state index contributed by atoms with van der Waals surface area (Å²) in [6.07, 6.45) is -3.09. The predicted molar refractivity (Wildman–Crippen MR) is 79.8 cm³/mol. The first-order valence-corrected chi connectivity index (χ1v) is 8.76. The number of carbonyl (C=O) groups is 1. The van der Waals surface area contributed by atoms with Gasteiger partial charge in [0.1, 0.15) is 12.5 Å². The highest BCUT2D eigenvalue weighted by Gasteiger charge is 2.37. The number of hydrogen-bond acceptors (Lipinski definition) is 5. The van der Waals surface area contributed by atoms with Crippen molar-refractivity contribution in [1.29, 1.82) is 0 Å². The molecule has 9 nitrogen and oxygen atoms in total. The Balaban J connectivity index is 0.000000412. The number of aliphatic carboxylic acids is 1. The lowest BCUT2D eigenvalue weighted by Gasteiger charge is -2.35. The Morgan fingerprint density at radius 1 is 1.46 bits per heavy atom. The van der Waals surface area contributed by atoms with E-state index in [9.17, 15) is 26.0 Å². The van der Waals surface area contributed by atoms with Gasteiger partial charge in [-0.15, -0.1) is 0 Å². The summed E-state index contributed by atoms with van der Waals surface area (Å²) >= 11 is 0. The van der Waals surface area contributed by atoms with E-state index in [1.165, 1.54) is 10.9 Å². The topological polar surface area (TPSA) is 126 Å². The molecule has 2 heterocycles. The Hall–Kier alpha value is -1.93. The first-order chi connectivity index (χ1) is 11.7. The van der Waals surface area contributed by atoms with Gasteiger partial charge in [0.15, 0.2) is 6.17 Å². The van der Waals surface area contributed by atoms with Crippen LogP contribution in [0.4, 0.5) is 23.2 Å². The summed E-state index contributed by atoms with van der Waals surface area (Å²) in [5.74, 6) is -3.01. The normalized spacial score (nSPS) is 23.7. The summed E-state index contributed by atoms with van der Waals surface area (Å²) in [5, 5.41) is 18.0. The van der Waals surface area contributed by atoms with Gasteiger partial charge in [0, 0.05) is 19.7 Å². The monoisotopic (exact) mass is 405 g/mol. The fourth-order valence-electron chi connectivity index (χ4n) is 2.59. The molecule has 3 atom stereocenters. The lowest BCUT2D eigenvalue weighted by Crippen LogP contribution is -3.13. The number of rotatable bonds is 3. The van der Waals surface area contributed by atoms with Crippen molar-refractivity contribution in [3.63, 3.8) is 0 Å². The summed E-state index contributed by atoms with van der Waals surface area (Å²) in [5.41, 5.74) is 0.372. The second-order valence-electron chi connectivity index (χ2n) is 5.85. The van der Waals surface area contributed by atoms with Gasteiger partial charge in [0.25, 0.3) is 10.2 Å². The number of hydrogen-bond donors (Lipinski definition) is 2. The minimum Gasteiger partial charge on any atom is -0.542 e. The van der Waals surface area contributed by atoms with Gasteiger partial charge in [-0.25, -0.2) is 13.8 Å². The maximum Gasteiger partial charge on any atom is 0.430 e. The zero-order valence-corrected chi connectivity index (χ0v) is 14.7. The molecule has 150 valence electrons. The number of nitrogens with zero attached hydrogens (tertiary/aromatic N) is 3. The predicted octanol–water partition coefficient (Wildman–Crippen LogP) is -2.65. The van der Waals surface area contributed by atoms with Crippen LogP contribution in [0.25, 0.3) is 0 Å². The van der Waals surface area contributed by atoms with Crippen LogP contribution in [0.2, 0.25) is 0 Å². The Bertz CT molecular complexity index is 713. The van der Waals surface area contributed by atoms with Crippen LogP contribution >= 0.6 is 0 Å². The molecular weight excluding hydrogens is 386 g/mol. The summed E-state index contributed by atoms with van der Waals surface area (Å²) < 4.78 is 71.3. The van der Waals surface area contributed by atoms with Crippen LogP contribution in [0.15, 0.2) is 12.4 Å². The number of halogens is 4. The number of anilines is 1. The van der Waals surface area contributed by atoms with Gasteiger partial charge in [-0.1, -0.05) is 0 Å². The van der Waals surface area contributed by atoms with Gasteiger partial charge >= 0.3 is 6.18 Å². The van der Waals surface area contributed by atoms with Crippen molar-refractivity contribution in [2.75, 3.05) is 24.4 Å². The largest absolute Gasteiger partial charge is 0.542 e. The van der Waals surface area contributed by atoms with E-state index in [0.29, 0.717) is 18.8 Å². The number of alkyl halides is 4. The molecule has 3 N–H and O–H groups in total. The number of aromatic nitrogens is 2. The number of piperidine rings is 1. The number of likely N-dealkylation sites (N-methyl/N-ethyl adjacent to an activating group) is 1. The van der Waals surface area contributed by atoms with Gasteiger partial charge in [0.2, 0.25) is 0 Å². The fraction of sp³-hybridized carbons (Fsp3) is 0.667. The van der Waals surface area contributed by atoms with Crippen LogP contribution in [-0.2, 0) is 22.1 Å². The highest BCUT2D eigenvalue weighted by atomic mass is 32.2. The van der Waals surface area contributed by atoms with Crippen molar-refractivity contribution in [3.05, 3.63) is 12.4 Å². The molecule has 0 radical (unpaired) electrons. The maximum atomic E-state index is 13.6. The Morgan fingerprint density at radius 3 is 2.35 bits per heavy atom. The van der Waals surface area contributed by atoms with Gasteiger partial charge in [0.05, 0.1) is 31.5 Å². The molecule has 0 saturated carbocycles. The SMILES string of the molecule is Cn1cc(N([C@@H]2C[C@@H](F)C[NH+](C)C2)S(N)(=O)=O)cn1.O=C([O-])C(F)(F)F. The number of carbonyl (C=O) groups excluding carboxylic acids is 1. The van der Waals surface area contributed by atoms with Crippen molar-refractivity contribution < 1.29 is 40.8 Å². The Morgan fingerprint density at radius 2 is 2.00 bits per heavy atom. The van der Waals surface area contributed by atoms with E-state index in [2.05, 4.69) is 5.10 Å². The van der Waals surface area contributed by atoms with Crippen molar-refractivity contribution in [1.82, 2.24) is 9.78 Å². The third kappa shape index (κ3) is 6.42. The van der Waals surface area contributed by atoms with Crippen molar-refractivity contribution in [2.45, 2.75) is 24.8 Å². The molecule has 0 amide bonds. The third-order valence-electron chi connectivity index (χ3n) is 3.46. The van der Waals surface area contributed by atoms with E-state index in [1.54, 1.807) is 13.2 Å². The lowest BCUT2D eigenvalue weighted by atomic mass is 10.0. The maximum absolute atomic E-state index is 13.6. The number of aryl methyl sites for hydroxylation is 1. The highest BCUT2D eigenvalue weighted by Crippen LogP contribution is 2.22. The molecule has 1 aromatic heterocycles. The lowest BCUT2D eigenvalue weighted by molar-refractivity contribution is -0.888. The second kappa shape index (κ2) is 8.18. The number of carboxylic acid groups (broad SMARTS) is 1. The number of carboxylic acids is 1. The van der Waals surface area contributed by atoms with Gasteiger partial charge in [-0.3, -0.25) is 4.68 Å². The van der Waals surface area contributed by atoms with Gasteiger partial charge < -0.3 is 14.8 Å². The first kappa shape index (κ1) is 22.1. The minimum absolute atomic E-state index is 0.155. The van der Waals surface area contributed by atoms with Crippen LogP contribution in [0.3, 0.4) is 0 Å². The second-order valence-corrected chi connectivity index (χ2v) is 7.27. The summed E-state index contributed by atoms with van der Waals surface area (Å²) in [7, 11) is -0.433. The van der Waals surface area contributed by atoms with Crippen molar-refractivity contribution in [3.8, 4) is 0 Å². The first-order valence-electron chi connectivity index (χ1n) is 7.26. The Kier molecular flexibility index (Phi) is 6.95. The van der Waals surface area contributed by atoms with Crippen LogP contribution in [0.1, 0.15) is 6.42 Å². The molecule has 0 aliphatic carbocycles. The third-order valence-corrected chi connectivity index (χ3v) is 4.52. The molecule has 1 fully saturated rings. The molecule has 1 aliphatic heterocycles. The highest BCUT2D eigenvalue weighted by molar-refractivity contribution is 7.90. The molecular formula is C12H19F4N5O4S. The molecule has 1 aliphatic rings. The smallest absolute Gasteiger partial charge is 0.430 e. The van der Waals surface area contributed by atoms with E-state index >= 15 is 0 Å². The standard InChI is InChI=1S/C10H18FN5O2S.C2HF3O2/c1-14-5-8(11)3-9(6-14)16(19(12,17)18)10-4-13-15(2)7-10;3-2(4,5)1(6)7/h4,7-9H,3,5-6H2,1-2H3,(H2,12,17,18);(H,6,7)/t8-,9-;/m1./s1. The molecule has 2 rings (SSSR count). The average Bonchev–Trinajstić information content (AvgIpc) is 2.81. The summed E-state index contributed by atoms with van der Waals surface area (Å²) in [6.45, 7) is 0.910. The van der Waals surface area contributed by atoms with Crippen LogP contribution in [0, 0.1) is 0 Å². The number of likely N-dealkylation sites (tertiary alicyclic amines) is 1. The molecule has 1 unspecified atom stereocenters. The molecule has 0 aromatic carbocycles. The van der Waals surface area contributed by atoms with Crippen LogP contribution in [-0.4, -0.2) is 62.7 Å². The van der Waals surface area contributed by atoms with E-state index in [0.717, 1.165) is 9.21 Å². The van der Waals surface area contributed by atoms with E-state index < -0.39 is 34.6 Å². The van der Waals surface area contributed by atoms with Crippen LogP contribution in [0.5, 0.6) is 0 Å². The Labute approximate surface area is 147 Å². The van der Waals surface area contributed by atoms with Crippen molar-refractivity contribution in [2.24, 2.45) is 12.2 Å². The minimum atomic E-state index is -5.19. The van der Waals surface area contributed by atoms with E-state index in [4.69, 9.17) is 15.0 Å². The zero-order valence-electron chi connectivity index (χ0n) is 13.9. The fourth-order valence-corrected chi connectivity index (χ4v) is 3.56. The quantitative estimate of drug-likeness (QED) is 0.532. The number of nitrogens with two attached hydrogens (primary N) is 1. The average molecular weight is 405 g/mol. The molecule has 1 saturated heterocycles. The number of quaternary nitrogens is 1. The zero-order chi connectivity index (χ0) is 20.3. The van der Waals surface area contributed by atoms with Gasteiger partial charge in [-0.2, -0.15) is 26.7 Å². The molecule has 0 bridgehead atoms. The van der Waals surface area contributed by atoms with Crippen molar-refractivity contribution >= 4 is 21.9 Å². The van der Waals surface area contributed by atoms with Gasteiger partial charge in [-0.05, 0) is 0 Å². The van der Waals surface area contributed by atoms with Crippen LogP contribution < -0.4 is 19.5 Å². The molecule has 0 spiro atoms. The summed E-state index contributed by atoms with van der Waals surface area (Å²) in [6, 6.07) is -0.483. The van der Waals surface area contributed by atoms with E-state index in [-0.39, 0.29) is 6.42 Å². The summed E-state index contributed by atoms with van der Waals surface area (Å²) in [4.78, 5) is 9.73.